The smallest absolute Gasteiger partial charge is 0.229 e. The summed E-state index contributed by atoms with van der Waals surface area (Å²) in [6, 6.07) is 7.60. The minimum atomic E-state index is 0.568. The molecule has 3 aromatic heterocycles. The molecule has 24 heavy (non-hydrogen) atoms. The summed E-state index contributed by atoms with van der Waals surface area (Å²) >= 11 is 0. The third kappa shape index (κ3) is 2.55. The van der Waals surface area contributed by atoms with E-state index >= 15 is 0 Å². The average Bonchev–Trinajstić information content (AvgIpc) is 3.05. The number of ether oxygens (including phenoxy) is 1. The monoisotopic (exact) mass is 323 g/mol. The van der Waals surface area contributed by atoms with Crippen LogP contribution in [0, 0.1) is 6.92 Å². The highest BCUT2D eigenvalue weighted by Crippen LogP contribution is 2.23. The SMILES string of the molecule is COc1cc(C)nc(N2CCn3c(nnc3-c3ccccn3)C2)n1. The molecule has 0 radical (unpaired) electrons. The van der Waals surface area contributed by atoms with E-state index in [0.29, 0.717) is 18.4 Å². The molecule has 1 aliphatic rings. The summed E-state index contributed by atoms with van der Waals surface area (Å²) in [6.07, 6.45) is 1.76. The molecule has 4 heterocycles. The topological polar surface area (TPSA) is 81.9 Å². The van der Waals surface area contributed by atoms with Gasteiger partial charge in [0.05, 0.1) is 13.7 Å². The number of methoxy groups -OCH3 is 1. The third-order valence-electron chi connectivity index (χ3n) is 3.96. The van der Waals surface area contributed by atoms with Crippen LogP contribution in [0.1, 0.15) is 11.5 Å². The van der Waals surface area contributed by atoms with Crippen LogP contribution in [0.2, 0.25) is 0 Å². The van der Waals surface area contributed by atoms with Crippen LogP contribution in [0.25, 0.3) is 11.5 Å². The van der Waals surface area contributed by atoms with E-state index in [9.17, 15) is 0 Å². The molecule has 0 atom stereocenters. The molecule has 0 bridgehead atoms. The number of nitrogens with zero attached hydrogens (tertiary/aromatic N) is 7. The summed E-state index contributed by atoms with van der Waals surface area (Å²) in [7, 11) is 1.61. The highest BCUT2D eigenvalue weighted by molar-refractivity contribution is 5.49. The van der Waals surface area contributed by atoms with Gasteiger partial charge in [-0.25, -0.2) is 4.98 Å². The summed E-state index contributed by atoms with van der Waals surface area (Å²) in [5.74, 6) is 2.90. The molecule has 0 unspecified atom stereocenters. The summed E-state index contributed by atoms with van der Waals surface area (Å²) in [5.41, 5.74) is 1.70. The summed E-state index contributed by atoms with van der Waals surface area (Å²) in [4.78, 5) is 15.4. The van der Waals surface area contributed by atoms with Crippen molar-refractivity contribution in [1.29, 1.82) is 0 Å². The fraction of sp³-hybridized carbons (Fsp3) is 0.312. The molecule has 1 aliphatic heterocycles. The van der Waals surface area contributed by atoms with E-state index in [1.807, 2.05) is 31.2 Å². The number of rotatable bonds is 3. The Morgan fingerprint density at radius 2 is 2.04 bits per heavy atom. The Morgan fingerprint density at radius 1 is 1.12 bits per heavy atom. The van der Waals surface area contributed by atoms with E-state index in [1.165, 1.54) is 0 Å². The first kappa shape index (κ1) is 14.6. The van der Waals surface area contributed by atoms with Crippen LogP contribution in [0.5, 0.6) is 5.88 Å². The van der Waals surface area contributed by atoms with E-state index in [4.69, 9.17) is 4.74 Å². The zero-order valence-corrected chi connectivity index (χ0v) is 13.5. The van der Waals surface area contributed by atoms with Gasteiger partial charge in [0, 0.05) is 31.0 Å². The normalized spacial score (nSPS) is 13.7. The first-order valence-corrected chi connectivity index (χ1v) is 7.72. The minimum Gasteiger partial charge on any atom is -0.481 e. The number of pyridine rings is 1. The number of hydrogen-bond acceptors (Lipinski definition) is 7. The van der Waals surface area contributed by atoms with Gasteiger partial charge >= 0.3 is 0 Å². The molecule has 0 aliphatic carbocycles. The lowest BCUT2D eigenvalue weighted by molar-refractivity contribution is 0.395. The zero-order chi connectivity index (χ0) is 16.5. The van der Waals surface area contributed by atoms with Gasteiger partial charge in [-0.3, -0.25) is 4.98 Å². The van der Waals surface area contributed by atoms with Gasteiger partial charge in [-0.1, -0.05) is 6.07 Å². The molecule has 8 nitrogen and oxygen atoms in total. The molecule has 0 aromatic carbocycles. The fourth-order valence-corrected chi connectivity index (χ4v) is 2.78. The van der Waals surface area contributed by atoms with Crippen LogP contribution in [-0.4, -0.2) is 43.4 Å². The van der Waals surface area contributed by atoms with E-state index in [1.54, 1.807) is 13.3 Å². The van der Waals surface area contributed by atoms with E-state index < -0.39 is 0 Å². The molecule has 4 rings (SSSR count). The van der Waals surface area contributed by atoms with Crippen LogP contribution in [0.15, 0.2) is 30.5 Å². The second kappa shape index (κ2) is 5.88. The number of hydrogen-bond donors (Lipinski definition) is 0. The molecule has 0 saturated carbocycles. The summed E-state index contributed by atoms with van der Waals surface area (Å²) in [6.45, 7) is 4.07. The summed E-state index contributed by atoms with van der Waals surface area (Å²) in [5, 5.41) is 8.62. The fourth-order valence-electron chi connectivity index (χ4n) is 2.78. The molecule has 0 spiro atoms. The second-order valence-electron chi connectivity index (χ2n) is 5.58. The van der Waals surface area contributed by atoms with Gasteiger partial charge in [0.15, 0.2) is 11.6 Å². The number of anilines is 1. The van der Waals surface area contributed by atoms with Crippen molar-refractivity contribution in [2.24, 2.45) is 0 Å². The average molecular weight is 323 g/mol. The maximum Gasteiger partial charge on any atom is 0.229 e. The first-order chi connectivity index (χ1) is 11.7. The molecule has 0 fully saturated rings. The molecule has 0 saturated heterocycles. The van der Waals surface area contributed by atoms with Gasteiger partial charge in [-0.2, -0.15) is 4.98 Å². The van der Waals surface area contributed by atoms with E-state index in [2.05, 4.69) is 34.6 Å². The van der Waals surface area contributed by atoms with Crippen molar-refractivity contribution >= 4 is 5.95 Å². The lowest BCUT2D eigenvalue weighted by atomic mass is 10.3. The Labute approximate surface area is 139 Å². The van der Waals surface area contributed by atoms with Crippen molar-refractivity contribution in [3.63, 3.8) is 0 Å². The van der Waals surface area contributed by atoms with Crippen molar-refractivity contribution in [1.82, 2.24) is 29.7 Å². The Bertz CT molecular complexity index is 862. The Kier molecular flexibility index (Phi) is 3.56. The van der Waals surface area contributed by atoms with Crippen LogP contribution < -0.4 is 9.64 Å². The van der Waals surface area contributed by atoms with Crippen molar-refractivity contribution in [3.05, 3.63) is 42.0 Å². The Hall–Kier alpha value is -3.03. The quantitative estimate of drug-likeness (QED) is 0.722. The molecule has 3 aromatic rings. The van der Waals surface area contributed by atoms with E-state index in [-0.39, 0.29) is 0 Å². The van der Waals surface area contributed by atoms with E-state index in [0.717, 1.165) is 36.1 Å². The maximum absolute atomic E-state index is 5.24. The summed E-state index contributed by atoms with van der Waals surface area (Å²) < 4.78 is 7.34. The van der Waals surface area contributed by atoms with Crippen LogP contribution in [0.4, 0.5) is 5.95 Å². The number of aryl methyl sites for hydroxylation is 1. The Morgan fingerprint density at radius 3 is 2.83 bits per heavy atom. The molecule has 0 N–H and O–H groups in total. The van der Waals surface area contributed by atoms with Crippen molar-refractivity contribution < 1.29 is 4.74 Å². The minimum absolute atomic E-state index is 0.568. The lowest BCUT2D eigenvalue weighted by Gasteiger charge is -2.28. The largest absolute Gasteiger partial charge is 0.481 e. The molecule has 122 valence electrons. The number of aromatic nitrogens is 6. The zero-order valence-electron chi connectivity index (χ0n) is 13.5. The van der Waals surface area contributed by atoms with Gasteiger partial charge in [0.25, 0.3) is 0 Å². The van der Waals surface area contributed by atoms with Crippen LogP contribution >= 0.6 is 0 Å². The van der Waals surface area contributed by atoms with Crippen molar-refractivity contribution in [3.8, 4) is 17.4 Å². The molecular formula is C16H17N7O. The van der Waals surface area contributed by atoms with Gasteiger partial charge < -0.3 is 14.2 Å². The maximum atomic E-state index is 5.24. The first-order valence-electron chi connectivity index (χ1n) is 7.72. The van der Waals surface area contributed by atoms with Crippen LogP contribution in [-0.2, 0) is 13.1 Å². The van der Waals surface area contributed by atoms with Gasteiger partial charge in [0.2, 0.25) is 11.8 Å². The van der Waals surface area contributed by atoms with Crippen molar-refractivity contribution in [2.75, 3.05) is 18.6 Å². The lowest BCUT2D eigenvalue weighted by Crippen LogP contribution is -2.35. The Balaban J connectivity index is 1.64. The predicted octanol–water partition coefficient (Wildman–Crippen LogP) is 1.47. The molecular weight excluding hydrogens is 306 g/mol. The molecule has 0 amide bonds. The standard InChI is InChI=1S/C16H17N7O/c1-11-9-14(24-2)19-16(18-11)22-7-8-23-13(10-22)20-21-15(23)12-5-3-4-6-17-12/h3-6,9H,7-8,10H2,1-2H3. The van der Waals surface area contributed by atoms with Crippen molar-refractivity contribution in [2.45, 2.75) is 20.0 Å². The third-order valence-corrected chi connectivity index (χ3v) is 3.96. The number of fused-ring (bicyclic) bond motifs is 1. The van der Waals surface area contributed by atoms with Gasteiger partial charge in [0.1, 0.15) is 5.69 Å². The van der Waals surface area contributed by atoms with Crippen LogP contribution in [0.3, 0.4) is 0 Å². The molecule has 8 heteroatoms. The highest BCUT2D eigenvalue weighted by Gasteiger charge is 2.24. The predicted molar refractivity (Wildman–Crippen MR) is 87.6 cm³/mol. The highest BCUT2D eigenvalue weighted by atomic mass is 16.5. The van der Waals surface area contributed by atoms with Gasteiger partial charge in [-0.05, 0) is 19.1 Å². The van der Waals surface area contributed by atoms with Gasteiger partial charge in [-0.15, -0.1) is 10.2 Å². The second-order valence-corrected chi connectivity index (χ2v) is 5.58.